The van der Waals surface area contributed by atoms with E-state index in [0.29, 0.717) is 0 Å². The van der Waals surface area contributed by atoms with Crippen LogP contribution in [-0.2, 0) is 7.05 Å². The van der Waals surface area contributed by atoms with Crippen LogP contribution in [-0.4, -0.2) is 4.98 Å². The van der Waals surface area contributed by atoms with Gasteiger partial charge in [0.05, 0.1) is 18.0 Å². The Kier molecular flexibility index (Phi) is 2.90. The number of nitrogens with zero attached hydrogens (tertiary/aromatic N) is 2. The van der Waals surface area contributed by atoms with Crippen LogP contribution < -0.4 is 4.57 Å². The molecule has 4 aromatic rings. The van der Waals surface area contributed by atoms with E-state index in [1.54, 1.807) is 0 Å². The van der Waals surface area contributed by atoms with E-state index in [-0.39, 0.29) is 0 Å². The van der Waals surface area contributed by atoms with Crippen LogP contribution in [0, 0.1) is 6.92 Å². The molecule has 0 bridgehead atoms. The van der Waals surface area contributed by atoms with Gasteiger partial charge in [0.2, 0.25) is 0 Å². The summed E-state index contributed by atoms with van der Waals surface area (Å²) < 4.78 is 2.12. The average molecular weight is 285 g/mol. The van der Waals surface area contributed by atoms with Crippen LogP contribution in [0.1, 0.15) is 5.56 Å². The number of fused-ring (bicyclic) bond motifs is 3. The van der Waals surface area contributed by atoms with Crippen LogP contribution >= 0.6 is 0 Å². The Morgan fingerprint density at radius 3 is 2.45 bits per heavy atom. The second-order valence-corrected chi connectivity index (χ2v) is 5.71. The summed E-state index contributed by atoms with van der Waals surface area (Å²) in [6.07, 6.45) is 2.19. The van der Waals surface area contributed by atoms with Crippen molar-refractivity contribution in [3.05, 3.63) is 72.4 Å². The Morgan fingerprint density at radius 2 is 1.59 bits per heavy atom. The van der Waals surface area contributed by atoms with Crippen molar-refractivity contribution in [2.45, 2.75) is 6.92 Å². The maximum atomic E-state index is 4.92. The molecule has 1 heterocycles. The molecule has 0 saturated heterocycles. The van der Waals surface area contributed by atoms with E-state index >= 15 is 0 Å². The van der Waals surface area contributed by atoms with Crippen molar-refractivity contribution >= 4 is 21.7 Å². The molecule has 0 fully saturated rings. The fourth-order valence-electron chi connectivity index (χ4n) is 3.04. The first-order valence-electron chi connectivity index (χ1n) is 7.48. The lowest BCUT2D eigenvalue weighted by Gasteiger charge is -2.05. The van der Waals surface area contributed by atoms with Gasteiger partial charge < -0.3 is 0 Å². The molecular formula is C20H17N2+. The summed E-state index contributed by atoms with van der Waals surface area (Å²) in [4.78, 5) is 4.92. The van der Waals surface area contributed by atoms with Crippen molar-refractivity contribution in [3.63, 3.8) is 0 Å². The summed E-state index contributed by atoms with van der Waals surface area (Å²) in [7, 11) is 2.07. The largest absolute Gasteiger partial charge is 0.331 e. The fourth-order valence-corrected chi connectivity index (χ4v) is 3.04. The predicted molar refractivity (Wildman–Crippen MR) is 90.6 cm³/mol. The number of aromatic nitrogens is 2. The molecule has 0 atom stereocenters. The molecule has 22 heavy (non-hydrogen) atoms. The quantitative estimate of drug-likeness (QED) is 0.378. The topological polar surface area (TPSA) is 16.8 Å². The summed E-state index contributed by atoms with van der Waals surface area (Å²) in [6.45, 7) is 2.13. The Labute approximate surface area is 129 Å². The van der Waals surface area contributed by atoms with Crippen LogP contribution in [0.4, 0.5) is 0 Å². The van der Waals surface area contributed by atoms with Gasteiger partial charge in [-0.15, -0.1) is 0 Å². The molecule has 0 N–H and O–H groups in total. The molecule has 0 radical (unpaired) electrons. The van der Waals surface area contributed by atoms with Gasteiger partial charge in [-0.05, 0) is 46.4 Å². The van der Waals surface area contributed by atoms with Gasteiger partial charge in [-0.25, -0.2) is 4.57 Å². The Bertz CT molecular complexity index is 1000. The molecule has 0 amide bonds. The lowest BCUT2D eigenvalue weighted by molar-refractivity contribution is -0.661. The van der Waals surface area contributed by atoms with Gasteiger partial charge in [0, 0.05) is 0 Å². The first-order chi connectivity index (χ1) is 10.7. The minimum atomic E-state index is 1.00. The third-order valence-electron chi connectivity index (χ3n) is 4.22. The van der Waals surface area contributed by atoms with Gasteiger partial charge in [-0.2, -0.15) is 0 Å². The maximum absolute atomic E-state index is 4.92. The van der Waals surface area contributed by atoms with Gasteiger partial charge >= 0.3 is 5.82 Å². The molecule has 106 valence electrons. The fraction of sp³-hybridized carbons (Fsp3) is 0.100. The molecule has 2 nitrogen and oxygen atoms in total. The van der Waals surface area contributed by atoms with E-state index in [9.17, 15) is 0 Å². The van der Waals surface area contributed by atoms with Crippen LogP contribution in [0.15, 0.2) is 66.9 Å². The molecule has 2 heteroatoms. The lowest BCUT2D eigenvalue weighted by Crippen LogP contribution is -2.32. The van der Waals surface area contributed by atoms with E-state index in [2.05, 4.69) is 85.4 Å². The van der Waals surface area contributed by atoms with Gasteiger partial charge in [-0.1, -0.05) is 42.5 Å². The number of hydrogen-bond acceptors (Lipinski definition) is 1. The van der Waals surface area contributed by atoms with E-state index in [4.69, 9.17) is 4.98 Å². The van der Waals surface area contributed by atoms with E-state index in [1.165, 1.54) is 27.3 Å². The maximum Gasteiger partial charge on any atom is 0.331 e. The van der Waals surface area contributed by atoms with Gasteiger partial charge in [0.15, 0.2) is 5.52 Å². The zero-order valence-corrected chi connectivity index (χ0v) is 12.7. The van der Waals surface area contributed by atoms with Crippen LogP contribution in [0.2, 0.25) is 0 Å². The van der Waals surface area contributed by atoms with Gasteiger partial charge in [0.1, 0.15) is 6.20 Å². The second kappa shape index (κ2) is 4.92. The second-order valence-electron chi connectivity index (χ2n) is 5.71. The Morgan fingerprint density at radius 1 is 0.818 bits per heavy atom. The normalized spacial score (nSPS) is 11.2. The highest BCUT2D eigenvalue weighted by atomic mass is 15.0. The van der Waals surface area contributed by atoms with Crippen molar-refractivity contribution in [1.82, 2.24) is 4.98 Å². The molecule has 0 aliphatic heterocycles. The average Bonchev–Trinajstić information content (AvgIpc) is 2.55. The van der Waals surface area contributed by atoms with Crippen molar-refractivity contribution < 1.29 is 4.57 Å². The van der Waals surface area contributed by atoms with Crippen LogP contribution in [0.3, 0.4) is 0 Å². The number of benzene rings is 3. The van der Waals surface area contributed by atoms with Crippen molar-refractivity contribution in [2.75, 3.05) is 0 Å². The zero-order chi connectivity index (χ0) is 15.1. The molecule has 0 saturated carbocycles. The lowest BCUT2D eigenvalue weighted by atomic mass is 10.0. The molecule has 4 rings (SSSR count). The highest BCUT2D eigenvalue weighted by Crippen LogP contribution is 2.25. The Balaban J connectivity index is 2.06. The van der Waals surface area contributed by atoms with Crippen LogP contribution in [0.5, 0.6) is 0 Å². The SMILES string of the molecule is Cc1ccccc1-c1nc2ccc3ccccc3c2c[n+]1C. The van der Waals surface area contributed by atoms with E-state index in [1.807, 2.05) is 0 Å². The van der Waals surface area contributed by atoms with E-state index < -0.39 is 0 Å². The molecule has 0 aliphatic carbocycles. The smallest absolute Gasteiger partial charge is 0.232 e. The third-order valence-corrected chi connectivity index (χ3v) is 4.22. The van der Waals surface area contributed by atoms with Gasteiger partial charge in [0.25, 0.3) is 0 Å². The number of rotatable bonds is 1. The first kappa shape index (κ1) is 13.0. The zero-order valence-electron chi connectivity index (χ0n) is 12.7. The molecule has 3 aromatic carbocycles. The summed E-state index contributed by atoms with van der Waals surface area (Å²) in [5.74, 6) is 1.00. The molecular weight excluding hydrogens is 268 g/mol. The van der Waals surface area contributed by atoms with Crippen LogP contribution in [0.25, 0.3) is 33.1 Å². The third kappa shape index (κ3) is 1.96. The minimum absolute atomic E-state index is 1.00. The molecule has 1 aromatic heterocycles. The molecule has 0 unspecified atom stereocenters. The van der Waals surface area contributed by atoms with E-state index in [0.717, 1.165) is 11.3 Å². The summed E-state index contributed by atoms with van der Waals surface area (Å²) >= 11 is 0. The Hall–Kier alpha value is -2.74. The van der Waals surface area contributed by atoms with Crippen molar-refractivity contribution in [1.29, 1.82) is 0 Å². The van der Waals surface area contributed by atoms with Crippen molar-refractivity contribution in [2.24, 2.45) is 7.05 Å². The standard InChI is InChI=1S/C20H17N2/c1-14-7-3-5-9-16(14)20-21-19-12-11-15-8-4-6-10-17(15)18(19)13-22(20)2/h3-13H,1-2H3/q+1. The van der Waals surface area contributed by atoms with Crippen molar-refractivity contribution in [3.8, 4) is 11.4 Å². The summed E-state index contributed by atoms with van der Waals surface area (Å²) in [5.41, 5.74) is 3.46. The monoisotopic (exact) mass is 285 g/mol. The molecule has 0 spiro atoms. The summed E-state index contributed by atoms with van der Waals surface area (Å²) in [6, 6.07) is 21.1. The predicted octanol–water partition coefficient (Wildman–Crippen LogP) is 4.19. The highest BCUT2D eigenvalue weighted by molar-refractivity contribution is 6.05. The first-order valence-corrected chi connectivity index (χ1v) is 7.48. The minimum Gasteiger partial charge on any atom is -0.232 e. The number of hydrogen-bond donors (Lipinski definition) is 0. The molecule has 0 aliphatic rings. The highest BCUT2D eigenvalue weighted by Gasteiger charge is 2.17. The van der Waals surface area contributed by atoms with Gasteiger partial charge in [-0.3, -0.25) is 0 Å². The number of aryl methyl sites for hydroxylation is 2. The summed E-state index contributed by atoms with van der Waals surface area (Å²) in [5, 5.41) is 3.69.